The van der Waals surface area contributed by atoms with E-state index in [-0.39, 0.29) is 0 Å². The molecule has 5 nitrogen and oxygen atoms in total. The van der Waals surface area contributed by atoms with Gasteiger partial charge in [0.25, 0.3) is 0 Å². The minimum atomic E-state index is 0.676. The first-order chi connectivity index (χ1) is 12.8. The zero-order valence-electron chi connectivity index (χ0n) is 15.6. The van der Waals surface area contributed by atoms with Gasteiger partial charge in [-0.25, -0.2) is 4.98 Å². The van der Waals surface area contributed by atoms with E-state index in [1.807, 2.05) is 12.3 Å². The van der Waals surface area contributed by atoms with Gasteiger partial charge in [0.15, 0.2) is 0 Å². The van der Waals surface area contributed by atoms with Gasteiger partial charge in [-0.3, -0.25) is 4.98 Å². The molecule has 2 aromatic rings. The van der Waals surface area contributed by atoms with Gasteiger partial charge in [0.1, 0.15) is 5.82 Å². The molecule has 2 fully saturated rings. The number of nitrogens with zero attached hydrogens (tertiary/aromatic N) is 4. The first-order valence-electron chi connectivity index (χ1n) is 9.71. The third kappa shape index (κ3) is 4.22. The van der Waals surface area contributed by atoms with Crippen LogP contribution >= 0.6 is 0 Å². The summed E-state index contributed by atoms with van der Waals surface area (Å²) in [5.41, 5.74) is 3.39. The molecule has 0 bridgehead atoms. The Labute approximate surface area is 156 Å². The molecule has 0 aromatic carbocycles. The Morgan fingerprint density at radius 3 is 2.62 bits per heavy atom. The number of anilines is 1. The number of hydrogen-bond donors (Lipinski definition) is 0. The number of aromatic nitrogens is 2. The van der Waals surface area contributed by atoms with Crippen LogP contribution in [-0.2, 0) is 11.2 Å². The van der Waals surface area contributed by atoms with Gasteiger partial charge >= 0.3 is 0 Å². The van der Waals surface area contributed by atoms with Gasteiger partial charge in [0.05, 0.1) is 5.69 Å². The predicted molar refractivity (Wildman–Crippen MR) is 104 cm³/mol. The lowest BCUT2D eigenvalue weighted by Crippen LogP contribution is -2.44. The van der Waals surface area contributed by atoms with Gasteiger partial charge in [-0.15, -0.1) is 0 Å². The molecule has 2 aromatic heterocycles. The minimum Gasteiger partial charge on any atom is -0.381 e. The maximum Gasteiger partial charge on any atom is 0.129 e. The van der Waals surface area contributed by atoms with Crippen LogP contribution in [0, 0.1) is 5.92 Å². The molecule has 0 spiro atoms. The number of pyridine rings is 2. The van der Waals surface area contributed by atoms with Crippen molar-refractivity contribution in [3.8, 4) is 11.3 Å². The van der Waals surface area contributed by atoms with Crippen molar-refractivity contribution in [2.24, 2.45) is 5.92 Å². The van der Waals surface area contributed by atoms with Crippen molar-refractivity contribution in [2.75, 3.05) is 51.3 Å². The quantitative estimate of drug-likeness (QED) is 0.846. The molecule has 0 amide bonds. The van der Waals surface area contributed by atoms with Gasteiger partial charge in [-0.1, -0.05) is 6.07 Å². The first kappa shape index (κ1) is 17.4. The molecule has 2 aliphatic rings. The normalized spacial score (nSPS) is 19.7. The van der Waals surface area contributed by atoms with Crippen molar-refractivity contribution in [3.63, 3.8) is 0 Å². The van der Waals surface area contributed by atoms with Crippen molar-refractivity contribution in [1.82, 2.24) is 14.9 Å². The van der Waals surface area contributed by atoms with Crippen molar-refractivity contribution in [2.45, 2.75) is 19.3 Å². The molecule has 5 heteroatoms. The van der Waals surface area contributed by atoms with E-state index in [2.05, 4.69) is 46.1 Å². The average Bonchev–Trinajstić information content (AvgIpc) is 2.70. The Kier molecular flexibility index (Phi) is 5.46. The summed E-state index contributed by atoms with van der Waals surface area (Å²) in [6.45, 7) is 6.01. The average molecular weight is 352 g/mol. The smallest absolute Gasteiger partial charge is 0.129 e. The number of piperazine rings is 1. The van der Waals surface area contributed by atoms with E-state index in [0.717, 1.165) is 70.2 Å². The molecule has 4 rings (SSSR count). The third-order valence-corrected chi connectivity index (χ3v) is 5.49. The monoisotopic (exact) mass is 352 g/mol. The Bertz CT molecular complexity index is 707. The highest BCUT2D eigenvalue weighted by Crippen LogP contribution is 2.27. The van der Waals surface area contributed by atoms with Crippen LogP contribution in [0.15, 0.2) is 36.5 Å². The number of likely N-dealkylation sites (N-methyl/N-ethyl adjacent to an activating group) is 1. The third-order valence-electron chi connectivity index (χ3n) is 5.49. The van der Waals surface area contributed by atoms with Crippen molar-refractivity contribution < 1.29 is 4.74 Å². The van der Waals surface area contributed by atoms with E-state index >= 15 is 0 Å². The second-order valence-corrected chi connectivity index (χ2v) is 7.47. The van der Waals surface area contributed by atoms with Crippen LogP contribution in [0.4, 0.5) is 5.82 Å². The van der Waals surface area contributed by atoms with E-state index in [1.54, 1.807) is 0 Å². The Hall–Kier alpha value is -1.98. The summed E-state index contributed by atoms with van der Waals surface area (Å²) in [6.07, 6.45) is 5.17. The molecule has 26 heavy (non-hydrogen) atoms. The maximum atomic E-state index is 5.52. The maximum absolute atomic E-state index is 5.52. The van der Waals surface area contributed by atoms with Crippen LogP contribution in [-0.4, -0.2) is 61.3 Å². The second kappa shape index (κ2) is 8.14. The standard InChI is InChI=1S/C21H28N4O/c1-24-8-10-25(11-9-24)21-16-18(20-4-2-3-7-22-20)15-19(23-21)14-17-5-12-26-13-6-17/h2-4,7,15-17H,5-6,8-14H2,1H3. The summed E-state index contributed by atoms with van der Waals surface area (Å²) in [4.78, 5) is 14.4. The highest BCUT2D eigenvalue weighted by Gasteiger charge is 2.19. The molecule has 0 atom stereocenters. The van der Waals surface area contributed by atoms with Crippen LogP contribution in [0.25, 0.3) is 11.3 Å². The lowest BCUT2D eigenvalue weighted by Gasteiger charge is -2.33. The van der Waals surface area contributed by atoms with E-state index in [9.17, 15) is 0 Å². The molecule has 2 aliphatic heterocycles. The highest BCUT2D eigenvalue weighted by molar-refractivity contribution is 5.64. The Morgan fingerprint density at radius 1 is 1.08 bits per heavy atom. The fourth-order valence-corrected chi connectivity index (χ4v) is 3.80. The number of rotatable bonds is 4. The zero-order chi connectivity index (χ0) is 17.8. The minimum absolute atomic E-state index is 0.676. The molecule has 0 saturated carbocycles. The number of hydrogen-bond acceptors (Lipinski definition) is 5. The largest absolute Gasteiger partial charge is 0.381 e. The Balaban J connectivity index is 1.62. The first-order valence-corrected chi connectivity index (χ1v) is 9.71. The summed E-state index contributed by atoms with van der Waals surface area (Å²) in [5.74, 6) is 1.78. The van der Waals surface area contributed by atoms with Crippen LogP contribution in [0.2, 0.25) is 0 Å². The SMILES string of the molecule is CN1CCN(c2cc(-c3ccccn3)cc(CC3CCOCC3)n2)CC1. The van der Waals surface area contributed by atoms with Crippen molar-refractivity contribution in [3.05, 3.63) is 42.2 Å². The summed E-state index contributed by atoms with van der Waals surface area (Å²) in [5, 5.41) is 0. The molecule has 0 aliphatic carbocycles. The van der Waals surface area contributed by atoms with Crippen molar-refractivity contribution in [1.29, 1.82) is 0 Å². The highest BCUT2D eigenvalue weighted by atomic mass is 16.5. The summed E-state index contributed by atoms with van der Waals surface area (Å²) < 4.78 is 5.52. The van der Waals surface area contributed by atoms with Crippen LogP contribution in [0.3, 0.4) is 0 Å². The van der Waals surface area contributed by atoms with Gasteiger partial charge in [-0.05, 0) is 56.5 Å². The van der Waals surface area contributed by atoms with Gasteiger partial charge in [0, 0.05) is 56.8 Å². The van der Waals surface area contributed by atoms with Gasteiger partial charge in [0.2, 0.25) is 0 Å². The molecule has 0 unspecified atom stereocenters. The summed E-state index contributed by atoms with van der Waals surface area (Å²) in [7, 11) is 2.19. The molecule has 138 valence electrons. The molecule has 4 heterocycles. The predicted octanol–water partition coefficient (Wildman–Crippen LogP) is 2.86. The van der Waals surface area contributed by atoms with E-state index in [4.69, 9.17) is 9.72 Å². The second-order valence-electron chi connectivity index (χ2n) is 7.47. The molecular weight excluding hydrogens is 324 g/mol. The number of ether oxygens (including phenoxy) is 1. The molecular formula is C21H28N4O. The van der Waals surface area contributed by atoms with Crippen LogP contribution < -0.4 is 4.90 Å². The molecule has 2 saturated heterocycles. The van der Waals surface area contributed by atoms with Crippen molar-refractivity contribution >= 4 is 5.82 Å². The summed E-state index contributed by atoms with van der Waals surface area (Å²) in [6, 6.07) is 10.5. The van der Waals surface area contributed by atoms with Crippen LogP contribution in [0.5, 0.6) is 0 Å². The van der Waals surface area contributed by atoms with E-state index in [1.165, 1.54) is 11.3 Å². The lowest BCUT2D eigenvalue weighted by molar-refractivity contribution is 0.0663. The van der Waals surface area contributed by atoms with E-state index in [0.29, 0.717) is 5.92 Å². The van der Waals surface area contributed by atoms with Crippen LogP contribution in [0.1, 0.15) is 18.5 Å². The summed E-state index contributed by atoms with van der Waals surface area (Å²) >= 11 is 0. The fraction of sp³-hybridized carbons (Fsp3) is 0.524. The molecule has 0 radical (unpaired) electrons. The topological polar surface area (TPSA) is 41.5 Å². The molecule has 0 N–H and O–H groups in total. The van der Waals surface area contributed by atoms with Gasteiger partial charge < -0.3 is 14.5 Å². The van der Waals surface area contributed by atoms with E-state index < -0.39 is 0 Å². The zero-order valence-corrected chi connectivity index (χ0v) is 15.6. The lowest BCUT2D eigenvalue weighted by atomic mass is 9.94. The fourth-order valence-electron chi connectivity index (χ4n) is 3.80. The Morgan fingerprint density at radius 2 is 1.88 bits per heavy atom. The van der Waals surface area contributed by atoms with Gasteiger partial charge in [-0.2, -0.15) is 0 Å².